The standard InChI is InChI=1S/C15H27N3/c1-4-7-12-18(6-3)15(13(16)5-2)14-10-8-9-11-17-14/h8-11,13,15H,4-7,12,16H2,1-3H3. The van der Waals surface area contributed by atoms with Gasteiger partial charge in [0.1, 0.15) is 0 Å². The van der Waals surface area contributed by atoms with Crippen molar-refractivity contribution in [3.8, 4) is 0 Å². The molecule has 0 saturated heterocycles. The van der Waals surface area contributed by atoms with Gasteiger partial charge in [-0.05, 0) is 38.1 Å². The van der Waals surface area contributed by atoms with Crippen LogP contribution in [0.5, 0.6) is 0 Å². The van der Waals surface area contributed by atoms with Crippen LogP contribution >= 0.6 is 0 Å². The van der Waals surface area contributed by atoms with Gasteiger partial charge in [-0.1, -0.05) is 33.3 Å². The van der Waals surface area contributed by atoms with E-state index in [0.717, 1.165) is 25.2 Å². The van der Waals surface area contributed by atoms with Crippen LogP contribution in [0.25, 0.3) is 0 Å². The van der Waals surface area contributed by atoms with Crippen molar-refractivity contribution in [2.24, 2.45) is 5.73 Å². The molecule has 0 aliphatic rings. The van der Waals surface area contributed by atoms with Crippen LogP contribution < -0.4 is 5.73 Å². The maximum absolute atomic E-state index is 6.32. The lowest BCUT2D eigenvalue weighted by Crippen LogP contribution is -2.41. The molecule has 0 radical (unpaired) electrons. The molecule has 0 amide bonds. The van der Waals surface area contributed by atoms with Gasteiger partial charge in [0.25, 0.3) is 0 Å². The third kappa shape index (κ3) is 4.07. The van der Waals surface area contributed by atoms with Crippen LogP contribution in [0.2, 0.25) is 0 Å². The molecule has 0 saturated carbocycles. The molecule has 0 aliphatic carbocycles. The smallest absolute Gasteiger partial charge is 0.0673 e. The number of hydrogen-bond donors (Lipinski definition) is 1. The molecule has 0 bridgehead atoms. The highest BCUT2D eigenvalue weighted by atomic mass is 15.2. The summed E-state index contributed by atoms with van der Waals surface area (Å²) in [6.07, 6.45) is 5.27. The first kappa shape index (κ1) is 15.1. The predicted octanol–water partition coefficient (Wildman–Crippen LogP) is 2.98. The van der Waals surface area contributed by atoms with E-state index in [-0.39, 0.29) is 12.1 Å². The maximum atomic E-state index is 6.32. The van der Waals surface area contributed by atoms with E-state index in [4.69, 9.17) is 5.73 Å². The molecular formula is C15H27N3. The Bertz CT molecular complexity index is 313. The Kier molecular flexibility index (Phi) is 6.91. The molecule has 0 aromatic carbocycles. The van der Waals surface area contributed by atoms with Crippen LogP contribution in [0.1, 0.15) is 51.8 Å². The molecule has 1 aromatic heterocycles. The fourth-order valence-corrected chi connectivity index (χ4v) is 2.31. The summed E-state index contributed by atoms with van der Waals surface area (Å²) in [7, 11) is 0. The minimum absolute atomic E-state index is 0.150. The lowest BCUT2D eigenvalue weighted by Gasteiger charge is -2.34. The second kappa shape index (κ2) is 8.22. The zero-order valence-electron chi connectivity index (χ0n) is 12.0. The van der Waals surface area contributed by atoms with E-state index in [2.05, 4.69) is 36.7 Å². The van der Waals surface area contributed by atoms with Crippen LogP contribution in [0.15, 0.2) is 24.4 Å². The van der Waals surface area contributed by atoms with E-state index in [9.17, 15) is 0 Å². The summed E-state index contributed by atoms with van der Waals surface area (Å²) in [5.74, 6) is 0. The average molecular weight is 249 g/mol. The zero-order valence-corrected chi connectivity index (χ0v) is 12.0. The molecule has 0 fully saturated rings. The largest absolute Gasteiger partial charge is 0.326 e. The molecule has 2 N–H and O–H groups in total. The van der Waals surface area contributed by atoms with Crippen LogP contribution in [0, 0.1) is 0 Å². The Hall–Kier alpha value is -0.930. The number of rotatable bonds is 8. The number of nitrogens with two attached hydrogens (primary N) is 1. The lowest BCUT2D eigenvalue weighted by atomic mass is 10.00. The third-order valence-corrected chi connectivity index (χ3v) is 3.47. The molecule has 18 heavy (non-hydrogen) atoms. The van der Waals surface area contributed by atoms with E-state index >= 15 is 0 Å². The van der Waals surface area contributed by atoms with Crippen molar-refractivity contribution in [2.45, 2.75) is 52.1 Å². The van der Waals surface area contributed by atoms with Gasteiger partial charge in [0.05, 0.1) is 11.7 Å². The number of nitrogens with zero attached hydrogens (tertiary/aromatic N) is 2. The Morgan fingerprint density at radius 2 is 2.06 bits per heavy atom. The van der Waals surface area contributed by atoms with E-state index in [1.165, 1.54) is 12.8 Å². The SMILES string of the molecule is CCCCN(CC)C(c1ccccn1)C(N)CC. The number of aromatic nitrogens is 1. The first-order chi connectivity index (χ1) is 8.74. The predicted molar refractivity (Wildman–Crippen MR) is 77.4 cm³/mol. The highest BCUT2D eigenvalue weighted by Crippen LogP contribution is 2.23. The second-order valence-corrected chi connectivity index (χ2v) is 4.75. The van der Waals surface area contributed by atoms with Crippen molar-refractivity contribution in [3.05, 3.63) is 30.1 Å². The molecular weight excluding hydrogens is 222 g/mol. The van der Waals surface area contributed by atoms with E-state index in [1.807, 2.05) is 18.3 Å². The highest BCUT2D eigenvalue weighted by Gasteiger charge is 2.25. The van der Waals surface area contributed by atoms with Crippen LogP contribution in [-0.2, 0) is 0 Å². The lowest BCUT2D eigenvalue weighted by molar-refractivity contribution is 0.171. The summed E-state index contributed by atoms with van der Waals surface area (Å²) >= 11 is 0. The fraction of sp³-hybridized carbons (Fsp3) is 0.667. The molecule has 1 heterocycles. The van der Waals surface area contributed by atoms with Crippen LogP contribution in [0.4, 0.5) is 0 Å². The third-order valence-electron chi connectivity index (χ3n) is 3.47. The number of likely N-dealkylation sites (N-methyl/N-ethyl adjacent to an activating group) is 1. The van der Waals surface area contributed by atoms with Gasteiger partial charge < -0.3 is 5.73 Å². The molecule has 3 heteroatoms. The Labute approximate surface area is 111 Å². The number of hydrogen-bond acceptors (Lipinski definition) is 3. The number of pyridine rings is 1. The van der Waals surface area contributed by atoms with Gasteiger partial charge in [0.2, 0.25) is 0 Å². The summed E-state index contributed by atoms with van der Waals surface area (Å²) in [6.45, 7) is 8.70. The van der Waals surface area contributed by atoms with Crippen molar-refractivity contribution in [2.75, 3.05) is 13.1 Å². The normalized spacial score (nSPS) is 14.7. The Morgan fingerprint density at radius 1 is 1.28 bits per heavy atom. The molecule has 0 aliphatic heterocycles. The molecule has 102 valence electrons. The summed E-state index contributed by atoms with van der Waals surface area (Å²) in [4.78, 5) is 6.96. The van der Waals surface area contributed by atoms with Crippen molar-refractivity contribution in [1.82, 2.24) is 9.88 Å². The first-order valence-electron chi connectivity index (χ1n) is 7.15. The molecule has 3 nitrogen and oxygen atoms in total. The van der Waals surface area contributed by atoms with Gasteiger partial charge >= 0.3 is 0 Å². The first-order valence-corrected chi connectivity index (χ1v) is 7.15. The van der Waals surface area contributed by atoms with Crippen molar-refractivity contribution in [1.29, 1.82) is 0 Å². The van der Waals surface area contributed by atoms with E-state index in [0.29, 0.717) is 0 Å². The van der Waals surface area contributed by atoms with Crippen LogP contribution in [0.3, 0.4) is 0 Å². The minimum atomic E-state index is 0.150. The van der Waals surface area contributed by atoms with Gasteiger partial charge in [-0.2, -0.15) is 0 Å². The molecule has 1 rings (SSSR count). The van der Waals surface area contributed by atoms with Gasteiger partial charge in [0.15, 0.2) is 0 Å². The Morgan fingerprint density at radius 3 is 2.56 bits per heavy atom. The summed E-state index contributed by atoms with van der Waals surface area (Å²) in [5.41, 5.74) is 7.42. The van der Waals surface area contributed by atoms with Gasteiger partial charge in [0, 0.05) is 12.2 Å². The van der Waals surface area contributed by atoms with Gasteiger partial charge in [-0.15, -0.1) is 0 Å². The van der Waals surface area contributed by atoms with Gasteiger partial charge in [-0.3, -0.25) is 9.88 Å². The zero-order chi connectivity index (χ0) is 13.4. The van der Waals surface area contributed by atoms with E-state index in [1.54, 1.807) is 0 Å². The second-order valence-electron chi connectivity index (χ2n) is 4.75. The minimum Gasteiger partial charge on any atom is -0.326 e. The molecule has 2 unspecified atom stereocenters. The molecule has 0 spiro atoms. The average Bonchev–Trinajstić information content (AvgIpc) is 2.43. The summed E-state index contributed by atoms with van der Waals surface area (Å²) < 4.78 is 0. The van der Waals surface area contributed by atoms with Crippen molar-refractivity contribution in [3.63, 3.8) is 0 Å². The quantitative estimate of drug-likeness (QED) is 0.770. The summed E-state index contributed by atoms with van der Waals surface area (Å²) in [6, 6.07) is 6.49. The van der Waals surface area contributed by atoms with Crippen molar-refractivity contribution >= 4 is 0 Å². The highest BCUT2D eigenvalue weighted by molar-refractivity contribution is 5.11. The monoisotopic (exact) mass is 249 g/mol. The van der Waals surface area contributed by atoms with Crippen LogP contribution in [-0.4, -0.2) is 29.0 Å². The fourth-order valence-electron chi connectivity index (χ4n) is 2.31. The van der Waals surface area contributed by atoms with E-state index < -0.39 is 0 Å². The summed E-state index contributed by atoms with van der Waals surface area (Å²) in [5, 5.41) is 0. The number of unbranched alkanes of at least 4 members (excludes halogenated alkanes) is 1. The Balaban J connectivity index is 2.89. The molecule has 2 atom stereocenters. The van der Waals surface area contributed by atoms with Crippen molar-refractivity contribution < 1.29 is 0 Å². The van der Waals surface area contributed by atoms with Gasteiger partial charge in [-0.25, -0.2) is 0 Å². The topological polar surface area (TPSA) is 42.2 Å². The maximum Gasteiger partial charge on any atom is 0.0673 e. The molecule has 1 aromatic rings.